The maximum absolute atomic E-state index is 12.7. The molecule has 0 bridgehead atoms. The molecule has 3 nitrogen and oxygen atoms in total. The van der Waals surface area contributed by atoms with Gasteiger partial charge in [0.15, 0.2) is 0 Å². The molecule has 1 heterocycles. The Morgan fingerprint density at radius 2 is 2.10 bits per heavy atom. The van der Waals surface area contributed by atoms with Crippen molar-refractivity contribution >= 4 is 50.1 Å². The number of nitrogens with zero attached hydrogens (tertiary/aromatic N) is 1. The SMILES string of the molecule is Nc1cccc2c1CCN(C(=O)c1cc(I)ccc1Br)C2. The van der Waals surface area contributed by atoms with Gasteiger partial charge in [0.1, 0.15) is 0 Å². The maximum atomic E-state index is 12.7. The summed E-state index contributed by atoms with van der Waals surface area (Å²) < 4.78 is 1.90. The zero-order valence-corrected chi connectivity index (χ0v) is 15.0. The normalized spacial score (nSPS) is 13.9. The van der Waals surface area contributed by atoms with Crippen LogP contribution in [0.2, 0.25) is 0 Å². The van der Waals surface area contributed by atoms with Crippen LogP contribution in [-0.2, 0) is 13.0 Å². The fourth-order valence-electron chi connectivity index (χ4n) is 2.64. The van der Waals surface area contributed by atoms with Gasteiger partial charge in [-0.2, -0.15) is 0 Å². The Kier molecular flexibility index (Phi) is 4.21. The van der Waals surface area contributed by atoms with Gasteiger partial charge >= 0.3 is 0 Å². The molecule has 0 fully saturated rings. The topological polar surface area (TPSA) is 46.3 Å². The first-order valence-electron chi connectivity index (χ1n) is 6.67. The van der Waals surface area contributed by atoms with Gasteiger partial charge in [0.2, 0.25) is 0 Å². The van der Waals surface area contributed by atoms with Crippen molar-refractivity contribution < 1.29 is 4.79 Å². The Balaban J connectivity index is 1.89. The fraction of sp³-hybridized carbons (Fsp3) is 0.188. The first-order chi connectivity index (χ1) is 10.1. The molecule has 21 heavy (non-hydrogen) atoms. The van der Waals surface area contributed by atoms with Crippen molar-refractivity contribution in [2.75, 3.05) is 12.3 Å². The van der Waals surface area contributed by atoms with Gasteiger partial charge in [0.05, 0.1) is 5.56 Å². The summed E-state index contributed by atoms with van der Waals surface area (Å²) in [6, 6.07) is 11.7. The van der Waals surface area contributed by atoms with E-state index in [0.29, 0.717) is 18.7 Å². The van der Waals surface area contributed by atoms with Crippen molar-refractivity contribution in [2.45, 2.75) is 13.0 Å². The Labute approximate surface area is 145 Å². The number of nitrogen functional groups attached to an aromatic ring is 1. The molecule has 0 aliphatic carbocycles. The molecule has 0 spiro atoms. The lowest BCUT2D eigenvalue weighted by Gasteiger charge is -2.30. The number of amides is 1. The van der Waals surface area contributed by atoms with Gasteiger partial charge in [-0.1, -0.05) is 12.1 Å². The lowest BCUT2D eigenvalue weighted by molar-refractivity contribution is 0.0734. The van der Waals surface area contributed by atoms with Gasteiger partial charge in [0, 0.05) is 26.8 Å². The van der Waals surface area contributed by atoms with Gasteiger partial charge < -0.3 is 10.6 Å². The summed E-state index contributed by atoms with van der Waals surface area (Å²) in [6.07, 6.45) is 0.815. The van der Waals surface area contributed by atoms with Crippen molar-refractivity contribution in [1.29, 1.82) is 0 Å². The van der Waals surface area contributed by atoms with Crippen LogP contribution < -0.4 is 5.73 Å². The molecule has 2 aromatic rings. The number of carbonyl (C=O) groups is 1. The Morgan fingerprint density at radius 3 is 2.90 bits per heavy atom. The van der Waals surface area contributed by atoms with Gasteiger partial charge in [-0.15, -0.1) is 0 Å². The van der Waals surface area contributed by atoms with Crippen LogP contribution >= 0.6 is 38.5 Å². The number of hydrogen-bond donors (Lipinski definition) is 1. The molecule has 0 aromatic heterocycles. The second-order valence-corrected chi connectivity index (χ2v) is 7.19. The molecule has 0 radical (unpaired) electrons. The van der Waals surface area contributed by atoms with E-state index in [1.165, 1.54) is 5.56 Å². The third-order valence-electron chi connectivity index (χ3n) is 3.75. The van der Waals surface area contributed by atoms with E-state index in [-0.39, 0.29) is 5.91 Å². The molecule has 2 aromatic carbocycles. The van der Waals surface area contributed by atoms with Gasteiger partial charge in [0.25, 0.3) is 5.91 Å². The van der Waals surface area contributed by atoms with E-state index in [2.05, 4.69) is 44.6 Å². The lowest BCUT2D eigenvalue weighted by Crippen LogP contribution is -2.36. The molecule has 0 saturated carbocycles. The fourth-order valence-corrected chi connectivity index (χ4v) is 3.55. The number of nitrogens with two attached hydrogens (primary N) is 1. The van der Waals surface area contributed by atoms with Crippen molar-refractivity contribution in [1.82, 2.24) is 4.90 Å². The monoisotopic (exact) mass is 456 g/mol. The number of benzene rings is 2. The average Bonchev–Trinajstić information content (AvgIpc) is 2.49. The third-order valence-corrected chi connectivity index (χ3v) is 5.11. The predicted octanol–water partition coefficient (Wildman–Crippen LogP) is 3.83. The summed E-state index contributed by atoms with van der Waals surface area (Å²) in [5.41, 5.74) is 9.88. The molecule has 1 amide bonds. The van der Waals surface area contributed by atoms with E-state index in [1.54, 1.807) is 0 Å². The van der Waals surface area contributed by atoms with Crippen LogP contribution in [-0.4, -0.2) is 17.4 Å². The zero-order chi connectivity index (χ0) is 15.0. The van der Waals surface area contributed by atoms with Crippen molar-refractivity contribution in [3.8, 4) is 0 Å². The summed E-state index contributed by atoms with van der Waals surface area (Å²) in [5, 5.41) is 0. The summed E-state index contributed by atoms with van der Waals surface area (Å²) in [7, 11) is 0. The number of hydrogen-bond acceptors (Lipinski definition) is 2. The number of carbonyl (C=O) groups excluding carboxylic acids is 1. The molecule has 3 rings (SSSR count). The van der Waals surface area contributed by atoms with E-state index < -0.39 is 0 Å². The van der Waals surface area contributed by atoms with Gasteiger partial charge in [-0.05, 0) is 80.3 Å². The lowest BCUT2D eigenvalue weighted by atomic mass is 9.97. The van der Waals surface area contributed by atoms with E-state index in [4.69, 9.17) is 5.73 Å². The quantitative estimate of drug-likeness (QED) is 0.523. The van der Waals surface area contributed by atoms with Gasteiger partial charge in [-0.3, -0.25) is 4.79 Å². The largest absolute Gasteiger partial charge is 0.398 e. The second kappa shape index (κ2) is 5.96. The van der Waals surface area contributed by atoms with Crippen LogP contribution in [0.5, 0.6) is 0 Å². The van der Waals surface area contributed by atoms with E-state index in [1.807, 2.05) is 35.2 Å². The first kappa shape index (κ1) is 14.8. The number of rotatable bonds is 1. The van der Waals surface area contributed by atoms with Crippen molar-refractivity contribution in [2.24, 2.45) is 0 Å². The highest BCUT2D eigenvalue weighted by Gasteiger charge is 2.24. The van der Waals surface area contributed by atoms with E-state index >= 15 is 0 Å². The van der Waals surface area contributed by atoms with Crippen molar-refractivity contribution in [3.63, 3.8) is 0 Å². The summed E-state index contributed by atoms with van der Waals surface area (Å²) in [5.74, 6) is 0.0634. The standard InChI is InChI=1S/C16H14BrIN2O/c17-14-5-4-11(18)8-13(14)16(21)20-7-6-12-10(9-20)2-1-3-15(12)19/h1-5,8H,6-7,9,19H2. The molecule has 2 N–H and O–H groups in total. The highest BCUT2D eigenvalue weighted by atomic mass is 127. The summed E-state index contributed by atoms with van der Waals surface area (Å²) >= 11 is 5.69. The molecule has 0 unspecified atom stereocenters. The minimum atomic E-state index is 0.0634. The molecular weight excluding hydrogens is 443 g/mol. The minimum Gasteiger partial charge on any atom is -0.398 e. The molecular formula is C16H14BrIN2O. The molecule has 0 atom stereocenters. The highest BCUT2D eigenvalue weighted by molar-refractivity contribution is 14.1. The van der Waals surface area contributed by atoms with Crippen LogP contribution in [0.1, 0.15) is 21.5 Å². The van der Waals surface area contributed by atoms with Crippen LogP contribution in [0, 0.1) is 3.57 Å². The molecule has 1 aliphatic rings. The smallest absolute Gasteiger partial charge is 0.255 e. The third kappa shape index (κ3) is 2.94. The summed E-state index contributed by atoms with van der Waals surface area (Å²) in [4.78, 5) is 14.6. The Hall–Kier alpha value is -1.08. The molecule has 5 heteroatoms. The van der Waals surface area contributed by atoms with Crippen LogP contribution in [0.4, 0.5) is 5.69 Å². The Morgan fingerprint density at radius 1 is 1.29 bits per heavy atom. The molecule has 1 aliphatic heterocycles. The zero-order valence-electron chi connectivity index (χ0n) is 11.3. The van der Waals surface area contributed by atoms with Crippen LogP contribution in [0.15, 0.2) is 40.9 Å². The maximum Gasteiger partial charge on any atom is 0.255 e. The average molecular weight is 457 g/mol. The number of halogens is 2. The molecule has 108 valence electrons. The predicted molar refractivity (Wildman–Crippen MR) is 96.2 cm³/mol. The first-order valence-corrected chi connectivity index (χ1v) is 8.54. The highest BCUT2D eigenvalue weighted by Crippen LogP contribution is 2.27. The summed E-state index contributed by atoms with van der Waals surface area (Å²) in [6.45, 7) is 1.33. The second-order valence-electron chi connectivity index (χ2n) is 5.09. The van der Waals surface area contributed by atoms with Gasteiger partial charge in [-0.25, -0.2) is 0 Å². The van der Waals surface area contributed by atoms with Crippen molar-refractivity contribution in [3.05, 3.63) is 61.1 Å². The minimum absolute atomic E-state index is 0.0634. The van der Waals surface area contributed by atoms with E-state index in [0.717, 1.165) is 25.7 Å². The van der Waals surface area contributed by atoms with Crippen LogP contribution in [0.25, 0.3) is 0 Å². The molecule has 0 saturated heterocycles. The number of fused-ring (bicyclic) bond motifs is 1. The Bertz CT molecular complexity index is 717. The van der Waals surface area contributed by atoms with E-state index in [9.17, 15) is 4.79 Å². The van der Waals surface area contributed by atoms with Crippen LogP contribution in [0.3, 0.4) is 0 Å². The number of anilines is 1.